The molecule has 2 aromatic heterocycles. The molecular weight excluding hydrogens is 372 g/mol. The standard InChI is InChI=1S/C21H22N4O4/c1-12(2)24-10-13-5-16(14-8-22-23(3)9-14)20(29-4)6-15(13)18-7-19(26)17(21(27)28)11-25(18)24/h5-9,11-12H,10H2,1-4H3,(H,27,28). The molecule has 0 unspecified atom stereocenters. The summed E-state index contributed by atoms with van der Waals surface area (Å²) in [5.41, 5.74) is 3.61. The van der Waals surface area contributed by atoms with Crippen LogP contribution in [0.25, 0.3) is 22.4 Å². The number of carbonyl (C=O) groups is 1. The molecule has 0 amide bonds. The molecule has 1 aliphatic rings. The van der Waals surface area contributed by atoms with E-state index >= 15 is 0 Å². The molecule has 0 spiro atoms. The van der Waals surface area contributed by atoms with Crippen LogP contribution in [0.3, 0.4) is 0 Å². The fraction of sp³-hybridized carbons (Fsp3) is 0.286. The van der Waals surface area contributed by atoms with Crippen LogP contribution in [-0.2, 0) is 13.6 Å². The van der Waals surface area contributed by atoms with E-state index in [0.717, 1.165) is 22.3 Å². The number of ether oxygens (including phenoxy) is 1. The first-order chi connectivity index (χ1) is 13.8. The number of pyridine rings is 1. The Morgan fingerprint density at radius 3 is 2.55 bits per heavy atom. The molecule has 1 aromatic carbocycles. The van der Waals surface area contributed by atoms with Gasteiger partial charge in [0.05, 0.1) is 25.5 Å². The molecule has 0 radical (unpaired) electrons. The van der Waals surface area contributed by atoms with Gasteiger partial charge < -0.3 is 14.9 Å². The molecule has 0 atom stereocenters. The third-order valence-electron chi connectivity index (χ3n) is 5.18. The summed E-state index contributed by atoms with van der Waals surface area (Å²) >= 11 is 0. The zero-order valence-corrected chi connectivity index (χ0v) is 16.7. The maximum absolute atomic E-state index is 12.4. The SMILES string of the molecule is COc1cc2c(cc1-c1cnn(C)c1)CN(C(C)C)n1cc(C(=O)O)c(=O)cc1-2. The van der Waals surface area contributed by atoms with Crippen LogP contribution >= 0.6 is 0 Å². The van der Waals surface area contributed by atoms with Crippen LogP contribution in [0.1, 0.15) is 29.8 Å². The number of hydrogen-bond acceptors (Lipinski definition) is 5. The molecule has 1 N–H and O–H groups in total. The highest BCUT2D eigenvalue weighted by Crippen LogP contribution is 2.39. The lowest BCUT2D eigenvalue weighted by molar-refractivity contribution is 0.0694. The first kappa shape index (κ1) is 18.8. The van der Waals surface area contributed by atoms with Crippen molar-refractivity contribution in [1.29, 1.82) is 0 Å². The van der Waals surface area contributed by atoms with E-state index in [1.165, 1.54) is 12.3 Å². The lowest BCUT2D eigenvalue weighted by Gasteiger charge is -2.38. The van der Waals surface area contributed by atoms with Crippen LogP contribution in [0.5, 0.6) is 5.75 Å². The lowest BCUT2D eigenvalue weighted by atomic mass is 9.95. The topological polar surface area (TPSA) is 89.6 Å². The van der Waals surface area contributed by atoms with Crippen LogP contribution in [0.2, 0.25) is 0 Å². The summed E-state index contributed by atoms with van der Waals surface area (Å²) in [6.07, 6.45) is 5.11. The van der Waals surface area contributed by atoms with Gasteiger partial charge in [-0.15, -0.1) is 0 Å². The van der Waals surface area contributed by atoms with E-state index in [2.05, 4.69) is 11.2 Å². The summed E-state index contributed by atoms with van der Waals surface area (Å²) < 4.78 is 9.12. The minimum atomic E-state index is -1.23. The summed E-state index contributed by atoms with van der Waals surface area (Å²) in [6, 6.07) is 5.44. The molecular formula is C21H22N4O4. The largest absolute Gasteiger partial charge is 0.496 e. The molecule has 3 heterocycles. The number of aromatic nitrogens is 3. The molecule has 3 aromatic rings. The Kier molecular flexibility index (Phi) is 4.41. The smallest absolute Gasteiger partial charge is 0.341 e. The fourth-order valence-corrected chi connectivity index (χ4v) is 3.73. The number of carboxylic acid groups (broad SMARTS) is 1. The number of benzene rings is 1. The van der Waals surface area contributed by atoms with Gasteiger partial charge in [0, 0.05) is 48.2 Å². The quantitative estimate of drug-likeness (QED) is 0.731. The van der Waals surface area contributed by atoms with Crippen molar-refractivity contribution in [3.63, 3.8) is 0 Å². The van der Waals surface area contributed by atoms with Gasteiger partial charge in [0.1, 0.15) is 11.3 Å². The normalized spacial score (nSPS) is 12.7. The van der Waals surface area contributed by atoms with Gasteiger partial charge in [-0.05, 0) is 31.5 Å². The van der Waals surface area contributed by atoms with Gasteiger partial charge in [0.15, 0.2) is 5.43 Å². The average molecular weight is 394 g/mol. The molecule has 0 bridgehead atoms. The lowest BCUT2D eigenvalue weighted by Crippen LogP contribution is -2.44. The van der Waals surface area contributed by atoms with Crippen molar-refractivity contribution in [2.75, 3.05) is 12.1 Å². The molecule has 0 fully saturated rings. The molecule has 8 nitrogen and oxygen atoms in total. The Balaban J connectivity index is 1.98. The molecule has 0 saturated carbocycles. The van der Waals surface area contributed by atoms with Gasteiger partial charge in [-0.25, -0.2) is 4.79 Å². The van der Waals surface area contributed by atoms with E-state index < -0.39 is 11.4 Å². The van der Waals surface area contributed by atoms with Crippen molar-refractivity contribution in [1.82, 2.24) is 14.5 Å². The third kappa shape index (κ3) is 3.06. The maximum Gasteiger partial charge on any atom is 0.341 e. The van der Waals surface area contributed by atoms with Gasteiger partial charge in [0.2, 0.25) is 0 Å². The zero-order valence-electron chi connectivity index (χ0n) is 16.7. The molecule has 0 saturated heterocycles. The minimum Gasteiger partial charge on any atom is -0.496 e. The minimum absolute atomic E-state index is 0.0926. The number of nitrogens with zero attached hydrogens (tertiary/aromatic N) is 4. The fourth-order valence-electron chi connectivity index (χ4n) is 3.73. The van der Waals surface area contributed by atoms with Gasteiger partial charge in [-0.3, -0.25) is 14.2 Å². The second-order valence-electron chi connectivity index (χ2n) is 7.39. The Labute approximate surface area is 167 Å². The van der Waals surface area contributed by atoms with E-state index in [-0.39, 0.29) is 11.6 Å². The molecule has 29 heavy (non-hydrogen) atoms. The number of methoxy groups -OCH3 is 1. The predicted molar refractivity (Wildman–Crippen MR) is 109 cm³/mol. The van der Waals surface area contributed by atoms with Crippen LogP contribution in [0.15, 0.2) is 41.6 Å². The van der Waals surface area contributed by atoms with Gasteiger partial charge in [0.25, 0.3) is 0 Å². The number of fused-ring (bicyclic) bond motifs is 3. The first-order valence-electron chi connectivity index (χ1n) is 9.27. The number of rotatable bonds is 4. The van der Waals surface area contributed by atoms with Gasteiger partial charge >= 0.3 is 5.97 Å². The second-order valence-corrected chi connectivity index (χ2v) is 7.39. The van der Waals surface area contributed by atoms with Crippen molar-refractivity contribution < 1.29 is 14.6 Å². The Morgan fingerprint density at radius 2 is 1.97 bits per heavy atom. The van der Waals surface area contributed by atoms with Crippen molar-refractivity contribution in [2.45, 2.75) is 26.4 Å². The third-order valence-corrected chi connectivity index (χ3v) is 5.18. The average Bonchev–Trinajstić information content (AvgIpc) is 3.11. The highest BCUT2D eigenvalue weighted by atomic mass is 16.5. The summed E-state index contributed by atoms with van der Waals surface area (Å²) in [7, 11) is 3.46. The van der Waals surface area contributed by atoms with Crippen molar-refractivity contribution in [3.8, 4) is 28.1 Å². The van der Waals surface area contributed by atoms with E-state index in [1.807, 2.05) is 38.2 Å². The Hall–Kier alpha value is -3.55. The molecule has 150 valence electrons. The predicted octanol–water partition coefficient (Wildman–Crippen LogP) is 2.48. The summed E-state index contributed by atoms with van der Waals surface area (Å²) in [6.45, 7) is 4.62. The zero-order chi connectivity index (χ0) is 20.9. The van der Waals surface area contributed by atoms with Crippen LogP contribution in [0, 0.1) is 0 Å². The molecule has 1 aliphatic heterocycles. The summed E-state index contributed by atoms with van der Waals surface area (Å²) in [4.78, 5) is 23.9. The first-order valence-corrected chi connectivity index (χ1v) is 9.27. The molecule has 4 rings (SSSR count). The number of aryl methyl sites for hydroxylation is 1. The van der Waals surface area contributed by atoms with Crippen molar-refractivity contribution >= 4 is 5.97 Å². The second kappa shape index (κ2) is 6.80. The summed E-state index contributed by atoms with van der Waals surface area (Å²) in [5.74, 6) is -0.569. The van der Waals surface area contributed by atoms with E-state index in [4.69, 9.17) is 4.74 Å². The van der Waals surface area contributed by atoms with E-state index in [9.17, 15) is 14.7 Å². The molecule has 8 heteroatoms. The van der Waals surface area contributed by atoms with E-state index in [1.54, 1.807) is 22.7 Å². The maximum atomic E-state index is 12.4. The van der Waals surface area contributed by atoms with Crippen molar-refractivity contribution in [2.24, 2.45) is 7.05 Å². The van der Waals surface area contributed by atoms with Crippen LogP contribution in [0.4, 0.5) is 0 Å². The highest BCUT2D eigenvalue weighted by Gasteiger charge is 2.27. The van der Waals surface area contributed by atoms with Crippen molar-refractivity contribution in [3.05, 3.63) is 58.1 Å². The monoisotopic (exact) mass is 394 g/mol. The number of aromatic carboxylic acids is 1. The summed E-state index contributed by atoms with van der Waals surface area (Å²) in [5, 5.41) is 15.7. The molecule has 0 aliphatic carbocycles. The van der Waals surface area contributed by atoms with Crippen LogP contribution in [-0.4, -0.2) is 38.7 Å². The van der Waals surface area contributed by atoms with E-state index in [0.29, 0.717) is 18.0 Å². The number of carboxylic acids is 1. The Bertz CT molecular complexity index is 1180. The van der Waals surface area contributed by atoms with Gasteiger partial charge in [-0.2, -0.15) is 5.10 Å². The number of hydrogen-bond donors (Lipinski definition) is 1. The van der Waals surface area contributed by atoms with Crippen LogP contribution < -0.4 is 15.2 Å². The Morgan fingerprint density at radius 1 is 1.21 bits per heavy atom. The highest BCUT2D eigenvalue weighted by molar-refractivity contribution is 5.88. The van der Waals surface area contributed by atoms with Gasteiger partial charge in [-0.1, -0.05) is 0 Å².